The Kier molecular flexibility index (Phi) is 5.91. The van der Waals surface area contributed by atoms with E-state index < -0.39 is 0 Å². The maximum Gasteiger partial charge on any atom is 0.183 e. The number of rotatable bonds is 3. The van der Waals surface area contributed by atoms with Crippen LogP contribution in [0.1, 0.15) is 50.7 Å². The van der Waals surface area contributed by atoms with E-state index >= 15 is 0 Å². The van der Waals surface area contributed by atoms with E-state index in [0.717, 1.165) is 5.69 Å². The van der Waals surface area contributed by atoms with Gasteiger partial charge < -0.3 is 0 Å². The summed E-state index contributed by atoms with van der Waals surface area (Å²) in [6.45, 7) is 8.65. The maximum absolute atomic E-state index is 8.75. The molecule has 4 heteroatoms. The highest BCUT2D eigenvalue weighted by Gasteiger charge is 2.13. The van der Waals surface area contributed by atoms with E-state index in [1.807, 2.05) is 12.4 Å². The molecule has 19 heavy (non-hydrogen) atoms. The molecule has 1 N–H and O–H groups in total. The molecule has 0 bridgehead atoms. The lowest BCUT2D eigenvalue weighted by Gasteiger charge is -2.16. The minimum absolute atomic E-state index is 0.405. The molecule has 3 nitrogen and oxygen atoms in total. The molecule has 0 aliphatic heterocycles. The number of hydrogen-bond acceptors (Lipinski definition) is 3. The summed E-state index contributed by atoms with van der Waals surface area (Å²) in [4.78, 5) is 4.66. The van der Waals surface area contributed by atoms with E-state index in [2.05, 4.69) is 56.2 Å². The first-order valence-corrected chi connectivity index (χ1v) is 7.64. The molecule has 0 heterocycles. The average Bonchev–Trinajstić information content (AvgIpc) is 2.37. The molecule has 0 aromatic heterocycles. The third-order valence-electron chi connectivity index (χ3n) is 2.91. The van der Waals surface area contributed by atoms with E-state index in [9.17, 15) is 0 Å². The van der Waals surface area contributed by atoms with E-state index in [1.54, 1.807) is 0 Å². The van der Waals surface area contributed by atoms with E-state index in [4.69, 9.17) is 5.26 Å². The van der Waals surface area contributed by atoms with Crippen LogP contribution < -0.4 is 5.32 Å². The number of hydrogen-bond donors (Lipinski definition) is 1. The van der Waals surface area contributed by atoms with E-state index in [-0.39, 0.29) is 0 Å². The molecule has 0 saturated carbocycles. The Balaban J connectivity index is 3.41. The lowest BCUT2D eigenvalue weighted by molar-refractivity contribution is 0.834. The normalized spacial score (nSPS) is 11.8. The lowest BCUT2D eigenvalue weighted by Crippen LogP contribution is -2.13. The van der Waals surface area contributed by atoms with Crippen molar-refractivity contribution in [2.24, 2.45) is 4.99 Å². The minimum Gasteiger partial charge on any atom is -0.271 e. The van der Waals surface area contributed by atoms with Crippen molar-refractivity contribution in [2.75, 3.05) is 6.26 Å². The second kappa shape index (κ2) is 7.20. The fourth-order valence-corrected chi connectivity index (χ4v) is 2.25. The summed E-state index contributed by atoms with van der Waals surface area (Å²) < 4.78 is 0. The Morgan fingerprint density at radius 2 is 1.74 bits per heavy atom. The number of nitriles is 1. The SMILES string of the molecule is CSC(=Nc1c(C(C)C)cccc1C(C)C)NC#N. The summed E-state index contributed by atoms with van der Waals surface area (Å²) in [7, 11) is 0. The van der Waals surface area contributed by atoms with Crippen LogP contribution in [0.4, 0.5) is 5.69 Å². The highest BCUT2D eigenvalue weighted by atomic mass is 32.2. The van der Waals surface area contributed by atoms with Crippen molar-refractivity contribution >= 4 is 22.6 Å². The van der Waals surface area contributed by atoms with Gasteiger partial charge in [-0.25, -0.2) is 4.99 Å². The summed E-state index contributed by atoms with van der Waals surface area (Å²) in [5.74, 6) is 0.810. The zero-order valence-corrected chi connectivity index (χ0v) is 13.0. The molecule has 0 unspecified atom stereocenters. The third kappa shape index (κ3) is 4.00. The van der Waals surface area contributed by atoms with Gasteiger partial charge in [0.1, 0.15) is 0 Å². The van der Waals surface area contributed by atoms with Crippen molar-refractivity contribution in [3.05, 3.63) is 29.3 Å². The number of benzene rings is 1. The summed E-state index contributed by atoms with van der Waals surface area (Å²) in [5, 5.41) is 12.0. The standard InChI is InChI=1S/C15H21N3S/c1-10(2)12-7-6-8-13(11(3)4)14(12)18-15(19-5)17-9-16/h6-8,10-11H,1-5H3,(H,17,18). The van der Waals surface area contributed by atoms with Crippen LogP contribution in [-0.4, -0.2) is 11.4 Å². The fraction of sp³-hybridized carbons (Fsp3) is 0.467. The highest BCUT2D eigenvalue weighted by Crippen LogP contribution is 2.35. The number of nitrogens with one attached hydrogen (secondary N) is 1. The molecular formula is C15H21N3S. The van der Waals surface area contributed by atoms with Gasteiger partial charge in [-0.1, -0.05) is 57.7 Å². The first-order valence-electron chi connectivity index (χ1n) is 6.41. The van der Waals surface area contributed by atoms with Gasteiger partial charge in [0.05, 0.1) is 5.69 Å². The van der Waals surface area contributed by atoms with Gasteiger partial charge in [-0.05, 0) is 29.2 Å². The third-order valence-corrected chi connectivity index (χ3v) is 3.49. The molecule has 0 aliphatic carbocycles. The molecule has 1 rings (SSSR count). The minimum atomic E-state index is 0.405. The summed E-state index contributed by atoms with van der Waals surface area (Å²) in [6.07, 6.45) is 3.85. The predicted molar refractivity (Wildman–Crippen MR) is 84.0 cm³/mol. The molecule has 0 atom stereocenters. The van der Waals surface area contributed by atoms with Crippen LogP contribution in [0.3, 0.4) is 0 Å². The lowest BCUT2D eigenvalue weighted by atomic mass is 9.93. The van der Waals surface area contributed by atoms with Crippen LogP contribution in [0.2, 0.25) is 0 Å². The fourth-order valence-electron chi connectivity index (χ4n) is 1.91. The highest BCUT2D eigenvalue weighted by molar-refractivity contribution is 8.13. The van der Waals surface area contributed by atoms with Crippen LogP contribution in [0, 0.1) is 11.5 Å². The Morgan fingerprint density at radius 3 is 2.11 bits per heavy atom. The van der Waals surface area contributed by atoms with Crippen LogP contribution >= 0.6 is 11.8 Å². The van der Waals surface area contributed by atoms with Crippen LogP contribution in [-0.2, 0) is 0 Å². The molecule has 0 spiro atoms. The predicted octanol–water partition coefficient (Wildman–Crippen LogP) is 4.35. The molecule has 0 radical (unpaired) electrons. The molecule has 1 aromatic carbocycles. The summed E-state index contributed by atoms with van der Waals surface area (Å²) in [6, 6.07) is 6.31. The average molecular weight is 275 g/mol. The van der Waals surface area contributed by atoms with Gasteiger partial charge in [0.2, 0.25) is 0 Å². The Bertz CT molecular complexity index is 472. The van der Waals surface area contributed by atoms with Crippen molar-refractivity contribution in [1.29, 1.82) is 5.26 Å². The number of para-hydroxylation sites is 1. The number of amidine groups is 1. The zero-order valence-electron chi connectivity index (χ0n) is 12.2. The van der Waals surface area contributed by atoms with Crippen molar-refractivity contribution in [1.82, 2.24) is 5.32 Å². The van der Waals surface area contributed by atoms with Crippen molar-refractivity contribution in [3.8, 4) is 6.19 Å². The molecule has 0 saturated heterocycles. The van der Waals surface area contributed by atoms with Gasteiger partial charge in [0.15, 0.2) is 11.4 Å². The van der Waals surface area contributed by atoms with E-state index in [1.165, 1.54) is 22.9 Å². The molecule has 0 amide bonds. The summed E-state index contributed by atoms with van der Waals surface area (Å²) >= 11 is 1.45. The quantitative estimate of drug-likeness (QED) is 0.386. The van der Waals surface area contributed by atoms with Gasteiger partial charge in [0, 0.05) is 0 Å². The molecule has 102 valence electrons. The van der Waals surface area contributed by atoms with E-state index in [0.29, 0.717) is 17.0 Å². The maximum atomic E-state index is 8.75. The number of nitrogens with zero attached hydrogens (tertiary/aromatic N) is 2. The van der Waals surface area contributed by atoms with Crippen LogP contribution in [0.15, 0.2) is 23.2 Å². The van der Waals surface area contributed by atoms with Gasteiger partial charge >= 0.3 is 0 Å². The second-order valence-corrected chi connectivity index (χ2v) is 5.75. The topological polar surface area (TPSA) is 48.2 Å². The van der Waals surface area contributed by atoms with Gasteiger partial charge in [-0.3, -0.25) is 5.32 Å². The Labute approximate surface area is 120 Å². The van der Waals surface area contributed by atoms with Gasteiger partial charge in [0.25, 0.3) is 0 Å². The molecule has 1 aromatic rings. The number of aliphatic imine (C=N–C) groups is 1. The second-order valence-electron chi connectivity index (χ2n) is 4.95. The first-order chi connectivity index (χ1) is 9.01. The van der Waals surface area contributed by atoms with Crippen molar-refractivity contribution < 1.29 is 0 Å². The van der Waals surface area contributed by atoms with Crippen molar-refractivity contribution in [2.45, 2.75) is 39.5 Å². The Hall–Kier alpha value is -1.47. The molecular weight excluding hydrogens is 254 g/mol. The molecule has 0 aliphatic rings. The largest absolute Gasteiger partial charge is 0.271 e. The summed E-state index contributed by atoms with van der Waals surface area (Å²) in [5.41, 5.74) is 3.44. The van der Waals surface area contributed by atoms with Gasteiger partial charge in [-0.2, -0.15) is 5.26 Å². The van der Waals surface area contributed by atoms with Gasteiger partial charge in [-0.15, -0.1) is 0 Å². The number of thioether (sulfide) groups is 1. The Morgan fingerprint density at radius 1 is 1.21 bits per heavy atom. The molecule has 0 fully saturated rings. The monoisotopic (exact) mass is 275 g/mol. The smallest absolute Gasteiger partial charge is 0.183 e. The van der Waals surface area contributed by atoms with Crippen LogP contribution in [0.25, 0.3) is 0 Å². The van der Waals surface area contributed by atoms with Crippen LogP contribution in [0.5, 0.6) is 0 Å². The van der Waals surface area contributed by atoms with Crippen molar-refractivity contribution in [3.63, 3.8) is 0 Å². The zero-order chi connectivity index (χ0) is 14.4. The first kappa shape index (κ1) is 15.6.